The largest absolute Gasteiger partial charge is 0.488 e. The minimum absolute atomic E-state index is 0.0599. The second kappa shape index (κ2) is 6.53. The van der Waals surface area contributed by atoms with E-state index in [9.17, 15) is 8.78 Å². The zero-order valence-electron chi connectivity index (χ0n) is 10.7. The topological polar surface area (TPSA) is 67.8 Å². The molecule has 0 amide bonds. The van der Waals surface area contributed by atoms with Crippen LogP contribution in [-0.4, -0.2) is 11.0 Å². The van der Waals surface area contributed by atoms with E-state index in [2.05, 4.69) is 21.1 Å². The third-order valence-corrected chi connectivity index (χ3v) is 3.22. The van der Waals surface area contributed by atoms with E-state index in [1.54, 1.807) is 12.1 Å². The van der Waals surface area contributed by atoms with Crippen molar-refractivity contribution in [2.75, 3.05) is 0 Å². The Labute approximate surface area is 128 Å². The minimum atomic E-state index is -0.697. The smallest absolute Gasteiger partial charge is 0.176 e. The molecule has 0 saturated heterocycles. The minimum Gasteiger partial charge on any atom is -0.488 e. The molecule has 2 rings (SSSR count). The summed E-state index contributed by atoms with van der Waals surface area (Å²) in [5.74, 6) is -1.50. The summed E-state index contributed by atoms with van der Waals surface area (Å²) in [5, 5.41) is 11.4. The third-order valence-electron chi connectivity index (χ3n) is 2.73. The fraction of sp³-hybridized carbons (Fsp3) is 0.0714. The Hall–Kier alpha value is -2.15. The number of amidine groups is 1. The number of nitrogens with two attached hydrogens (primary N) is 1. The summed E-state index contributed by atoms with van der Waals surface area (Å²) in [4.78, 5) is 0. The first-order chi connectivity index (χ1) is 10.0. The first kappa shape index (κ1) is 15.2. The average molecular weight is 357 g/mol. The molecular weight excluding hydrogens is 346 g/mol. The maximum Gasteiger partial charge on any atom is 0.176 e. The Morgan fingerprint density at radius 3 is 2.71 bits per heavy atom. The summed E-state index contributed by atoms with van der Waals surface area (Å²) in [6.45, 7) is -0.125. The number of hydrogen-bond acceptors (Lipinski definition) is 3. The number of hydrogen-bond donors (Lipinski definition) is 2. The summed E-state index contributed by atoms with van der Waals surface area (Å²) in [6, 6.07) is 8.42. The van der Waals surface area contributed by atoms with Crippen LogP contribution in [0.4, 0.5) is 8.78 Å². The van der Waals surface area contributed by atoms with Crippen molar-refractivity contribution in [3.8, 4) is 5.75 Å². The lowest BCUT2D eigenvalue weighted by atomic mass is 10.1. The zero-order valence-corrected chi connectivity index (χ0v) is 12.3. The van der Waals surface area contributed by atoms with Gasteiger partial charge in [0.2, 0.25) is 0 Å². The monoisotopic (exact) mass is 356 g/mol. The number of rotatable bonds is 4. The highest BCUT2D eigenvalue weighted by Crippen LogP contribution is 2.23. The predicted octanol–water partition coefficient (Wildman–Crippen LogP) is 3.40. The Morgan fingerprint density at radius 1 is 1.24 bits per heavy atom. The molecule has 0 unspecified atom stereocenters. The molecule has 110 valence electrons. The van der Waals surface area contributed by atoms with Gasteiger partial charge in [0.15, 0.2) is 5.84 Å². The van der Waals surface area contributed by atoms with Gasteiger partial charge in [-0.2, -0.15) is 0 Å². The van der Waals surface area contributed by atoms with Crippen LogP contribution >= 0.6 is 15.9 Å². The lowest BCUT2D eigenvalue weighted by Crippen LogP contribution is -2.17. The normalized spacial score (nSPS) is 11.5. The van der Waals surface area contributed by atoms with Crippen LogP contribution in [0.15, 0.2) is 46.0 Å². The second-order valence-corrected chi connectivity index (χ2v) is 5.04. The quantitative estimate of drug-likeness (QED) is 0.381. The average Bonchev–Trinajstić information content (AvgIpc) is 2.47. The molecule has 0 aromatic heterocycles. The van der Waals surface area contributed by atoms with Crippen molar-refractivity contribution >= 4 is 21.8 Å². The number of nitrogens with zero attached hydrogens (tertiary/aromatic N) is 1. The molecule has 2 aromatic rings. The van der Waals surface area contributed by atoms with E-state index in [1.807, 2.05) is 0 Å². The molecule has 0 aliphatic carbocycles. The summed E-state index contributed by atoms with van der Waals surface area (Å²) in [7, 11) is 0. The van der Waals surface area contributed by atoms with E-state index in [0.29, 0.717) is 10.0 Å². The van der Waals surface area contributed by atoms with Gasteiger partial charge in [-0.3, -0.25) is 0 Å². The summed E-state index contributed by atoms with van der Waals surface area (Å²) in [5.41, 5.74) is 5.54. The van der Waals surface area contributed by atoms with Crippen LogP contribution in [0.3, 0.4) is 0 Å². The molecule has 4 nitrogen and oxygen atoms in total. The molecule has 7 heteroatoms. The van der Waals surface area contributed by atoms with Crippen LogP contribution < -0.4 is 10.5 Å². The van der Waals surface area contributed by atoms with E-state index in [4.69, 9.17) is 15.7 Å². The molecule has 21 heavy (non-hydrogen) atoms. The van der Waals surface area contributed by atoms with Gasteiger partial charge in [-0.25, -0.2) is 8.78 Å². The van der Waals surface area contributed by atoms with E-state index in [0.717, 1.165) is 6.07 Å². The number of oxime groups is 1. The fourth-order valence-corrected chi connectivity index (χ4v) is 2.14. The molecule has 0 bridgehead atoms. The van der Waals surface area contributed by atoms with E-state index >= 15 is 0 Å². The molecule has 3 N–H and O–H groups in total. The number of benzene rings is 2. The predicted molar refractivity (Wildman–Crippen MR) is 77.3 cm³/mol. The first-order valence-corrected chi connectivity index (χ1v) is 6.65. The van der Waals surface area contributed by atoms with Gasteiger partial charge in [0, 0.05) is 10.0 Å². The maximum absolute atomic E-state index is 13.7. The third kappa shape index (κ3) is 3.49. The van der Waals surface area contributed by atoms with Gasteiger partial charge in [-0.15, -0.1) is 0 Å². The van der Waals surface area contributed by atoms with Crippen LogP contribution in [0.5, 0.6) is 5.75 Å². The standard InChI is InChI=1S/C14H11BrF2N2O2/c15-9-4-5-10(16)8(6-9)7-21-12-3-1-2-11(17)13(12)14(18)19-20/h1-6,20H,7H2,(H2,18,19). The molecule has 0 saturated carbocycles. The Balaban J connectivity index is 2.28. The van der Waals surface area contributed by atoms with Crippen LogP contribution in [0.1, 0.15) is 11.1 Å². The summed E-state index contributed by atoms with van der Waals surface area (Å²) < 4.78 is 33.4. The lowest BCUT2D eigenvalue weighted by Gasteiger charge is -2.12. The van der Waals surface area contributed by atoms with Crippen molar-refractivity contribution < 1.29 is 18.7 Å². The number of ether oxygens (including phenoxy) is 1. The summed E-state index contributed by atoms with van der Waals surface area (Å²) >= 11 is 3.23. The van der Waals surface area contributed by atoms with Crippen molar-refractivity contribution in [1.82, 2.24) is 0 Å². The van der Waals surface area contributed by atoms with Gasteiger partial charge < -0.3 is 15.7 Å². The SMILES string of the molecule is N/C(=N\O)c1c(F)cccc1OCc1cc(Br)ccc1F. The van der Waals surface area contributed by atoms with Gasteiger partial charge >= 0.3 is 0 Å². The van der Waals surface area contributed by atoms with Crippen LogP contribution in [-0.2, 0) is 6.61 Å². The Morgan fingerprint density at radius 2 is 2.00 bits per heavy atom. The van der Waals surface area contributed by atoms with Gasteiger partial charge in [-0.1, -0.05) is 27.2 Å². The van der Waals surface area contributed by atoms with E-state index in [1.165, 1.54) is 18.2 Å². The molecular formula is C14H11BrF2N2O2. The van der Waals surface area contributed by atoms with Crippen molar-refractivity contribution in [3.63, 3.8) is 0 Å². The molecule has 0 aliphatic rings. The van der Waals surface area contributed by atoms with Crippen LogP contribution in [0.2, 0.25) is 0 Å². The van der Waals surface area contributed by atoms with Gasteiger partial charge in [0.05, 0.1) is 5.56 Å². The highest BCUT2D eigenvalue weighted by molar-refractivity contribution is 9.10. The Bertz CT molecular complexity index is 693. The second-order valence-electron chi connectivity index (χ2n) is 4.12. The van der Waals surface area contributed by atoms with Crippen molar-refractivity contribution in [1.29, 1.82) is 0 Å². The van der Waals surface area contributed by atoms with Crippen LogP contribution in [0.25, 0.3) is 0 Å². The Kier molecular flexibility index (Phi) is 4.74. The molecule has 0 spiro atoms. The lowest BCUT2D eigenvalue weighted by molar-refractivity contribution is 0.295. The van der Waals surface area contributed by atoms with Crippen molar-refractivity contribution in [3.05, 3.63) is 63.6 Å². The molecule has 0 fully saturated rings. The van der Waals surface area contributed by atoms with Crippen LogP contribution in [0, 0.1) is 11.6 Å². The van der Waals surface area contributed by atoms with Gasteiger partial charge in [-0.05, 0) is 30.3 Å². The first-order valence-electron chi connectivity index (χ1n) is 5.86. The molecule has 0 aliphatic heterocycles. The van der Waals surface area contributed by atoms with Gasteiger partial charge in [0.1, 0.15) is 24.0 Å². The molecule has 0 heterocycles. The zero-order chi connectivity index (χ0) is 15.4. The molecule has 2 aromatic carbocycles. The molecule has 0 atom stereocenters. The highest BCUT2D eigenvalue weighted by atomic mass is 79.9. The number of halogens is 3. The maximum atomic E-state index is 13.7. The molecule has 0 radical (unpaired) electrons. The van der Waals surface area contributed by atoms with E-state index in [-0.39, 0.29) is 17.9 Å². The summed E-state index contributed by atoms with van der Waals surface area (Å²) in [6.07, 6.45) is 0. The van der Waals surface area contributed by atoms with Crippen molar-refractivity contribution in [2.24, 2.45) is 10.9 Å². The fourth-order valence-electron chi connectivity index (χ4n) is 1.73. The van der Waals surface area contributed by atoms with Crippen molar-refractivity contribution in [2.45, 2.75) is 6.61 Å². The highest BCUT2D eigenvalue weighted by Gasteiger charge is 2.15. The van der Waals surface area contributed by atoms with Gasteiger partial charge in [0.25, 0.3) is 0 Å². The van der Waals surface area contributed by atoms with E-state index < -0.39 is 17.5 Å².